The third kappa shape index (κ3) is 3.75. The van der Waals surface area contributed by atoms with Crippen molar-refractivity contribution in [2.24, 2.45) is 0 Å². The van der Waals surface area contributed by atoms with Gasteiger partial charge in [-0.15, -0.1) is 0 Å². The Morgan fingerprint density at radius 3 is 2.68 bits per heavy atom. The lowest BCUT2D eigenvalue weighted by Gasteiger charge is -2.06. The molecule has 0 aliphatic rings. The van der Waals surface area contributed by atoms with Gasteiger partial charge in [0.05, 0.1) is 6.61 Å². The summed E-state index contributed by atoms with van der Waals surface area (Å²) in [6, 6.07) is 8.60. The predicted molar refractivity (Wildman–Crippen MR) is 77.9 cm³/mol. The molecule has 0 bridgehead atoms. The molecule has 0 saturated carbocycles. The standard InChI is InChI=1S/C14H19N3OS/c1-11-3-5-12(6-4-11)7-8-13-15-16-14(19)17(13)9-10-18-2/h3-6H,7-10H2,1-2H3,(H,16,19). The molecule has 0 spiro atoms. The minimum atomic E-state index is 0.644. The van der Waals surface area contributed by atoms with Crippen LogP contribution in [0.5, 0.6) is 0 Å². The Labute approximate surface area is 118 Å². The Hall–Kier alpha value is -1.46. The molecular formula is C14H19N3OS. The molecule has 0 amide bonds. The van der Waals surface area contributed by atoms with E-state index in [1.54, 1.807) is 7.11 Å². The van der Waals surface area contributed by atoms with E-state index in [2.05, 4.69) is 41.4 Å². The van der Waals surface area contributed by atoms with Crippen molar-refractivity contribution in [2.75, 3.05) is 13.7 Å². The van der Waals surface area contributed by atoms with Gasteiger partial charge >= 0.3 is 0 Å². The van der Waals surface area contributed by atoms with Crippen molar-refractivity contribution < 1.29 is 4.74 Å². The summed E-state index contributed by atoms with van der Waals surface area (Å²) in [7, 11) is 1.69. The molecular weight excluding hydrogens is 258 g/mol. The van der Waals surface area contributed by atoms with E-state index in [0.717, 1.165) is 25.2 Å². The molecule has 5 heteroatoms. The molecule has 0 radical (unpaired) electrons. The van der Waals surface area contributed by atoms with Crippen molar-refractivity contribution in [3.05, 3.63) is 46.0 Å². The van der Waals surface area contributed by atoms with Crippen LogP contribution >= 0.6 is 12.2 Å². The van der Waals surface area contributed by atoms with Gasteiger partial charge in [-0.1, -0.05) is 29.8 Å². The molecule has 4 nitrogen and oxygen atoms in total. The summed E-state index contributed by atoms with van der Waals surface area (Å²) in [4.78, 5) is 0. The minimum Gasteiger partial charge on any atom is -0.383 e. The summed E-state index contributed by atoms with van der Waals surface area (Å²) in [5.41, 5.74) is 2.60. The number of nitrogens with one attached hydrogen (secondary N) is 1. The summed E-state index contributed by atoms with van der Waals surface area (Å²) in [5.74, 6) is 0.989. The number of hydrogen-bond acceptors (Lipinski definition) is 3. The topological polar surface area (TPSA) is 42.8 Å². The summed E-state index contributed by atoms with van der Waals surface area (Å²) >= 11 is 5.22. The number of hydrogen-bond donors (Lipinski definition) is 1. The van der Waals surface area contributed by atoms with Gasteiger partial charge < -0.3 is 9.30 Å². The van der Waals surface area contributed by atoms with Crippen LogP contribution in [-0.4, -0.2) is 28.5 Å². The molecule has 0 unspecified atom stereocenters. The number of aromatic amines is 1. The fourth-order valence-corrected chi connectivity index (χ4v) is 2.21. The van der Waals surface area contributed by atoms with Crippen molar-refractivity contribution in [1.29, 1.82) is 0 Å². The smallest absolute Gasteiger partial charge is 0.195 e. The molecule has 1 heterocycles. The van der Waals surface area contributed by atoms with Crippen LogP contribution in [0.25, 0.3) is 0 Å². The third-order valence-electron chi connectivity index (χ3n) is 3.11. The van der Waals surface area contributed by atoms with Crippen LogP contribution in [-0.2, 0) is 24.1 Å². The highest BCUT2D eigenvalue weighted by atomic mass is 32.1. The largest absolute Gasteiger partial charge is 0.383 e. The van der Waals surface area contributed by atoms with E-state index in [-0.39, 0.29) is 0 Å². The first-order valence-corrected chi connectivity index (χ1v) is 6.80. The Kier molecular flexibility index (Phi) is 4.87. The van der Waals surface area contributed by atoms with Crippen molar-refractivity contribution in [1.82, 2.24) is 14.8 Å². The van der Waals surface area contributed by atoms with Gasteiger partial charge in [0.15, 0.2) is 4.77 Å². The van der Waals surface area contributed by atoms with Crippen LogP contribution in [0.1, 0.15) is 17.0 Å². The molecule has 0 aliphatic carbocycles. The first-order valence-electron chi connectivity index (χ1n) is 6.39. The SMILES string of the molecule is COCCn1c(CCc2ccc(C)cc2)n[nH]c1=S. The number of benzene rings is 1. The van der Waals surface area contributed by atoms with Gasteiger partial charge in [0.25, 0.3) is 0 Å². The molecule has 0 saturated heterocycles. The van der Waals surface area contributed by atoms with E-state index in [9.17, 15) is 0 Å². The summed E-state index contributed by atoms with van der Waals surface area (Å²) in [6.45, 7) is 3.49. The fourth-order valence-electron chi connectivity index (χ4n) is 1.97. The quantitative estimate of drug-likeness (QED) is 0.826. The Balaban J connectivity index is 2.03. The maximum atomic E-state index is 5.22. The maximum Gasteiger partial charge on any atom is 0.195 e. The van der Waals surface area contributed by atoms with Crippen molar-refractivity contribution in [3.63, 3.8) is 0 Å². The van der Waals surface area contributed by atoms with Crippen LogP contribution in [0.2, 0.25) is 0 Å². The van der Waals surface area contributed by atoms with E-state index in [0.29, 0.717) is 11.4 Å². The van der Waals surface area contributed by atoms with Gasteiger partial charge in [-0.3, -0.25) is 5.10 Å². The van der Waals surface area contributed by atoms with Gasteiger partial charge in [0.2, 0.25) is 0 Å². The number of H-pyrrole nitrogens is 1. The van der Waals surface area contributed by atoms with Crippen LogP contribution in [0.15, 0.2) is 24.3 Å². The average molecular weight is 277 g/mol. The molecule has 0 fully saturated rings. The number of aromatic nitrogens is 3. The van der Waals surface area contributed by atoms with Crippen molar-refractivity contribution in [2.45, 2.75) is 26.3 Å². The van der Waals surface area contributed by atoms with E-state index >= 15 is 0 Å². The van der Waals surface area contributed by atoms with Gasteiger partial charge in [0.1, 0.15) is 5.82 Å². The molecule has 1 aromatic carbocycles. The average Bonchev–Trinajstić information content (AvgIpc) is 2.76. The summed E-state index contributed by atoms with van der Waals surface area (Å²) in [6.07, 6.45) is 1.84. The highest BCUT2D eigenvalue weighted by Crippen LogP contribution is 2.08. The number of nitrogens with zero attached hydrogens (tertiary/aromatic N) is 2. The van der Waals surface area contributed by atoms with Gasteiger partial charge in [-0.2, -0.15) is 5.10 Å². The van der Waals surface area contributed by atoms with E-state index in [1.165, 1.54) is 11.1 Å². The molecule has 0 atom stereocenters. The highest BCUT2D eigenvalue weighted by Gasteiger charge is 2.06. The second kappa shape index (κ2) is 6.63. The van der Waals surface area contributed by atoms with Crippen LogP contribution < -0.4 is 0 Å². The van der Waals surface area contributed by atoms with E-state index < -0.39 is 0 Å². The lowest BCUT2D eigenvalue weighted by molar-refractivity contribution is 0.186. The number of rotatable bonds is 6. The molecule has 19 heavy (non-hydrogen) atoms. The van der Waals surface area contributed by atoms with Crippen LogP contribution in [0, 0.1) is 11.7 Å². The molecule has 0 aliphatic heterocycles. The minimum absolute atomic E-state index is 0.644. The Bertz CT molecular complexity index is 571. The van der Waals surface area contributed by atoms with Crippen LogP contribution in [0.3, 0.4) is 0 Å². The van der Waals surface area contributed by atoms with Gasteiger partial charge in [-0.05, 0) is 31.1 Å². The first-order chi connectivity index (χ1) is 9.20. The molecule has 102 valence electrons. The van der Waals surface area contributed by atoms with Crippen molar-refractivity contribution in [3.8, 4) is 0 Å². The zero-order valence-electron chi connectivity index (χ0n) is 11.3. The molecule has 2 aromatic rings. The van der Waals surface area contributed by atoms with Crippen molar-refractivity contribution >= 4 is 12.2 Å². The fraction of sp³-hybridized carbons (Fsp3) is 0.429. The molecule has 1 aromatic heterocycles. The third-order valence-corrected chi connectivity index (χ3v) is 3.43. The van der Waals surface area contributed by atoms with E-state index in [4.69, 9.17) is 17.0 Å². The second-order valence-corrected chi connectivity index (χ2v) is 4.96. The zero-order chi connectivity index (χ0) is 13.7. The van der Waals surface area contributed by atoms with Crippen LogP contribution in [0.4, 0.5) is 0 Å². The lowest BCUT2D eigenvalue weighted by atomic mass is 10.1. The highest BCUT2D eigenvalue weighted by molar-refractivity contribution is 7.71. The van der Waals surface area contributed by atoms with Gasteiger partial charge in [-0.25, -0.2) is 0 Å². The Morgan fingerprint density at radius 1 is 1.26 bits per heavy atom. The zero-order valence-corrected chi connectivity index (χ0v) is 12.2. The number of methoxy groups -OCH3 is 1. The number of aryl methyl sites for hydroxylation is 3. The normalized spacial score (nSPS) is 10.8. The molecule has 2 rings (SSSR count). The summed E-state index contributed by atoms with van der Waals surface area (Å²) < 4.78 is 7.76. The first kappa shape index (κ1) is 14.0. The van der Waals surface area contributed by atoms with Gasteiger partial charge in [0, 0.05) is 20.1 Å². The monoisotopic (exact) mass is 277 g/mol. The van der Waals surface area contributed by atoms with E-state index in [1.807, 2.05) is 4.57 Å². The lowest BCUT2D eigenvalue weighted by Crippen LogP contribution is -2.09. The maximum absolute atomic E-state index is 5.22. The summed E-state index contributed by atoms with van der Waals surface area (Å²) in [5, 5.41) is 7.14. The predicted octanol–water partition coefficient (Wildman–Crippen LogP) is 2.68. The number of ether oxygens (including phenoxy) is 1. The second-order valence-electron chi connectivity index (χ2n) is 4.58. The molecule has 1 N–H and O–H groups in total. The Morgan fingerprint density at radius 2 is 2.00 bits per heavy atom.